The average Bonchev–Trinajstić information content (AvgIpc) is 2.74. The van der Waals surface area contributed by atoms with Gasteiger partial charge in [0.15, 0.2) is 0 Å². The lowest BCUT2D eigenvalue weighted by molar-refractivity contribution is 0.0956. The molecule has 0 atom stereocenters. The minimum atomic E-state index is -3.12. The first kappa shape index (κ1) is 22.8. The average molecular weight is 448 g/mol. The van der Waals surface area contributed by atoms with E-state index in [0.717, 1.165) is 17.1 Å². The monoisotopic (exact) mass is 447 g/mol. The van der Waals surface area contributed by atoms with E-state index in [0.29, 0.717) is 44.8 Å². The van der Waals surface area contributed by atoms with Crippen LogP contribution in [0.5, 0.6) is 0 Å². The van der Waals surface area contributed by atoms with Crippen molar-refractivity contribution in [3.05, 3.63) is 71.3 Å². The predicted octanol–water partition coefficient (Wildman–Crippen LogP) is 2.43. The molecular formula is C22H29N3O3S2. The second-order valence-corrected chi connectivity index (χ2v) is 10.5. The third-order valence-corrected chi connectivity index (χ3v) is 7.37. The van der Waals surface area contributed by atoms with E-state index in [1.165, 1.54) is 16.1 Å². The summed E-state index contributed by atoms with van der Waals surface area (Å²) >= 11 is 1.80. The Hall–Kier alpha value is -1.87. The summed E-state index contributed by atoms with van der Waals surface area (Å²) in [4.78, 5) is 14.7. The topological polar surface area (TPSA) is 69.7 Å². The molecule has 6 nitrogen and oxygen atoms in total. The van der Waals surface area contributed by atoms with E-state index in [1.807, 2.05) is 42.5 Å². The van der Waals surface area contributed by atoms with Crippen molar-refractivity contribution in [1.29, 1.82) is 0 Å². The van der Waals surface area contributed by atoms with E-state index in [2.05, 4.69) is 22.3 Å². The van der Waals surface area contributed by atoms with Crippen molar-refractivity contribution in [1.82, 2.24) is 14.5 Å². The molecule has 1 heterocycles. The van der Waals surface area contributed by atoms with Crippen LogP contribution in [0.15, 0.2) is 54.6 Å². The summed E-state index contributed by atoms with van der Waals surface area (Å²) in [5, 5.41) is 2.99. The lowest BCUT2D eigenvalue weighted by atomic mass is 10.1. The lowest BCUT2D eigenvalue weighted by Crippen LogP contribution is -2.47. The van der Waals surface area contributed by atoms with Gasteiger partial charge in [0.05, 0.1) is 6.26 Å². The van der Waals surface area contributed by atoms with Gasteiger partial charge < -0.3 is 5.32 Å². The Morgan fingerprint density at radius 2 is 1.70 bits per heavy atom. The molecule has 1 aliphatic heterocycles. The highest BCUT2D eigenvalue weighted by Gasteiger charge is 2.23. The van der Waals surface area contributed by atoms with Crippen LogP contribution in [0.3, 0.4) is 0 Å². The Balaban J connectivity index is 1.41. The van der Waals surface area contributed by atoms with Crippen molar-refractivity contribution in [2.24, 2.45) is 0 Å². The van der Waals surface area contributed by atoms with Gasteiger partial charge in [0.2, 0.25) is 10.0 Å². The molecule has 3 rings (SSSR count). The molecule has 30 heavy (non-hydrogen) atoms. The third-order valence-electron chi connectivity index (χ3n) is 5.04. The van der Waals surface area contributed by atoms with Crippen LogP contribution in [0.2, 0.25) is 0 Å². The number of amides is 1. The summed E-state index contributed by atoms with van der Waals surface area (Å²) in [6.45, 7) is 3.77. The van der Waals surface area contributed by atoms with Crippen LogP contribution in [-0.4, -0.2) is 68.3 Å². The summed E-state index contributed by atoms with van der Waals surface area (Å²) in [5.74, 6) is 1.75. The maximum atomic E-state index is 12.5. The molecule has 0 aromatic heterocycles. The fraction of sp³-hybridized carbons (Fsp3) is 0.409. The van der Waals surface area contributed by atoms with Crippen molar-refractivity contribution in [2.75, 3.05) is 44.7 Å². The van der Waals surface area contributed by atoms with Crippen molar-refractivity contribution >= 4 is 27.7 Å². The zero-order chi connectivity index (χ0) is 21.4. The second-order valence-electron chi connectivity index (χ2n) is 7.43. The van der Waals surface area contributed by atoms with E-state index >= 15 is 0 Å². The van der Waals surface area contributed by atoms with Gasteiger partial charge in [-0.3, -0.25) is 9.69 Å². The van der Waals surface area contributed by atoms with E-state index in [4.69, 9.17) is 0 Å². The first-order chi connectivity index (χ1) is 14.4. The number of rotatable bonds is 9. The zero-order valence-corrected chi connectivity index (χ0v) is 18.9. The fourth-order valence-corrected chi connectivity index (χ4v) is 5.04. The van der Waals surface area contributed by atoms with E-state index < -0.39 is 10.0 Å². The molecule has 2 aromatic carbocycles. The Kier molecular flexibility index (Phi) is 8.32. The highest BCUT2D eigenvalue weighted by molar-refractivity contribution is 7.98. The van der Waals surface area contributed by atoms with Gasteiger partial charge in [-0.05, 0) is 23.3 Å². The van der Waals surface area contributed by atoms with Crippen LogP contribution in [0, 0.1) is 0 Å². The Morgan fingerprint density at radius 3 is 2.40 bits per heavy atom. The van der Waals surface area contributed by atoms with E-state index in [1.54, 1.807) is 11.8 Å². The second kappa shape index (κ2) is 10.9. The SMILES string of the molecule is CS(=O)(=O)N1CCN(Cc2cccc(C(=O)NCCSCc3ccccc3)c2)CC1. The highest BCUT2D eigenvalue weighted by Crippen LogP contribution is 2.13. The van der Waals surface area contributed by atoms with Crippen molar-refractivity contribution in [3.63, 3.8) is 0 Å². The molecule has 0 bridgehead atoms. The molecule has 0 saturated carbocycles. The number of benzene rings is 2. The molecule has 0 spiro atoms. The molecule has 1 saturated heterocycles. The molecule has 1 aliphatic rings. The fourth-order valence-electron chi connectivity index (χ4n) is 3.39. The summed E-state index contributed by atoms with van der Waals surface area (Å²) in [6.07, 6.45) is 1.25. The van der Waals surface area contributed by atoms with Gasteiger partial charge in [0.25, 0.3) is 5.91 Å². The van der Waals surface area contributed by atoms with E-state index in [9.17, 15) is 13.2 Å². The number of nitrogens with zero attached hydrogens (tertiary/aromatic N) is 2. The summed E-state index contributed by atoms with van der Waals surface area (Å²) in [5.41, 5.74) is 3.02. The quantitative estimate of drug-likeness (QED) is 0.598. The van der Waals surface area contributed by atoms with Crippen LogP contribution >= 0.6 is 11.8 Å². The van der Waals surface area contributed by atoms with Crippen LogP contribution in [0.1, 0.15) is 21.5 Å². The number of carbonyl (C=O) groups excluding carboxylic acids is 1. The Bertz CT molecular complexity index is 928. The number of piperazine rings is 1. The first-order valence-electron chi connectivity index (χ1n) is 10.1. The number of nitrogens with one attached hydrogen (secondary N) is 1. The molecule has 0 aliphatic carbocycles. The van der Waals surface area contributed by atoms with E-state index in [-0.39, 0.29) is 5.91 Å². The van der Waals surface area contributed by atoms with Gasteiger partial charge in [-0.2, -0.15) is 16.1 Å². The van der Waals surface area contributed by atoms with Gasteiger partial charge in [-0.15, -0.1) is 0 Å². The van der Waals surface area contributed by atoms with Crippen molar-refractivity contribution in [3.8, 4) is 0 Å². The predicted molar refractivity (Wildman–Crippen MR) is 123 cm³/mol. The number of sulfonamides is 1. The highest BCUT2D eigenvalue weighted by atomic mass is 32.2. The molecular weight excluding hydrogens is 418 g/mol. The normalized spacial score (nSPS) is 15.8. The number of carbonyl (C=O) groups is 1. The number of thioether (sulfide) groups is 1. The number of hydrogen-bond donors (Lipinski definition) is 1. The zero-order valence-electron chi connectivity index (χ0n) is 17.3. The van der Waals surface area contributed by atoms with Crippen LogP contribution < -0.4 is 5.32 Å². The van der Waals surface area contributed by atoms with Gasteiger partial charge in [0, 0.05) is 56.3 Å². The lowest BCUT2D eigenvalue weighted by Gasteiger charge is -2.33. The standard InChI is InChI=1S/C22H29N3O3S2/c1-30(27,28)25-13-11-24(12-14-25)17-20-8-5-9-21(16-20)22(26)23-10-15-29-18-19-6-3-2-4-7-19/h2-9,16H,10-15,17-18H2,1H3,(H,23,26). The Morgan fingerprint density at radius 1 is 1.00 bits per heavy atom. The van der Waals surface area contributed by atoms with Gasteiger partial charge in [0.1, 0.15) is 0 Å². The summed E-state index contributed by atoms with van der Waals surface area (Å²) in [6, 6.07) is 18.0. The molecule has 0 unspecified atom stereocenters. The van der Waals surface area contributed by atoms with Crippen LogP contribution in [0.4, 0.5) is 0 Å². The minimum Gasteiger partial charge on any atom is -0.351 e. The van der Waals surface area contributed by atoms with Gasteiger partial charge in [-0.1, -0.05) is 42.5 Å². The largest absolute Gasteiger partial charge is 0.351 e. The first-order valence-corrected chi connectivity index (χ1v) is 13.1. The van der Waals surface area contributed by atoms with Gasteiger partial charge in [-0.25, -0.2) is 8.42 Å². The smallest absolute Gasteiger partial charge is 0.251 e. The molecule has 2 aromatic rings. The van der Waals surface area contributed by atoms with Crippen LogP contribution in [-0.2, 0) is 22.3 Å². The van der Waals surface area contributed by atoms with Gasteiger partial charge >= 0.3 is 0 Å². The molecule has 162 valence electrons. The van der Waals surface area contributed by atoms with Crippen molar-refractivity contribution < 1.29 is 13.2 Å². The minimum absolute atomic E-state index is 0.0564. The third kappa shape index (κ3) is 7.12. The molecule has 1 fully saturated rings. The maximum absolute atomic E-state index is 12.5. The molecule has 8 heteroatoms. The summed E-state index contributed by atoms with van der Waals surface area (Å²) < 4.78 is 24.8. The summed E-state index contributed by atoms with van der Waals surface area (Å²) in [7, 11) is -3.12. The Labute approximate surface area is 183 Å². The van der Waals surface area contributed by atoms with Crippen LogP contribution in [0.25, 0.3) is 0 Å². The maximum Gasteiger partial charge on any atom is 0.251 e. The number of hydrogen-bond acceptors (Lipinski definition) is 5. The molecule has 1 N–H and O–H groups in total. The molecule has 0 radical (unpaired) electrons. The van der Waals surface area contributed by atoms with Crippen molar-refractivity contribution in [2.45, 2.75) is 12.3 Å². The molecule has 1 amide bonds.